The van der Waals surface area contributed by atoms with Gasteiger partial charge < -0.3 is 24.4 Å². The molecule has 2 aromatic carbocycles. The van der Waals surface area contributed by atoms with Gasteiger partial charge in [-0.15, -0.1) is 5.10 Å². The average molecular weight is 806 g/mol. The summed E-state index contributed by atoms with van der Waals surface area (Å²) >= 11 is 6.98. The van der Waals surface area contributed by atoms with Crippen LogP contribution in [0.15, 0.2) is 36.4 Å². The highest BCUT2D eigenvalue weighted by Gasteiger charge is 2.68. The Morgan fingerprint density at radius 1 is 0.929 bits per heavy atom. The Balaban J connectivity index is 1.19. The lowest BCUT2D eigenvalue weighted by molar-refractivity contribution is -0.120. The second-order valence-corrected chi connectivity index (χ2v) is 19.5. The number of rotatable bonds is 6. The number of halogens is 1. The number of hydrogen-bond acceptors (Lipinski definition) is 13. The van der Waals surface area contributed by atoms with Crippen molar-refractivity contribution in [2.24, 2.45) is 0 Å². The minimum Gasteiger partial charge on any atom is -0.497 e. The van der Waals surface area contributed by atoms with Gasteiger partial charge in [0.15, 0.2) is 27.3 Å². The van der Waals surface area contributed by atoms with Gasteiger partial charge in [0.2, 0.25) is 5.91 Å². The standard InChI is InChI=1S/C39H44ClN7O8S/c1-37(2,3)54-35(49)46-27-13-11-23(53-7)19-25(27)39(34(46)48)20-26(39)22-10-12-24-28(18-22)47(36(50)55-38(4,5)6)44-31(24)42-32-29(40)33(43-30(41-32)21-8-9-21)45-14-16-56(51,52)17-15-45/h10-13,18-19,21,26H,8-9,14-17,20H2,1-7H3,(H,41,42,43,44)/t26-,39-/m0/s1. The number of hydrogen-bond donors (Lipinski definition) is 1. The quantitative estimate of drug-likeness (QED) is 0.215. The first-order valence-electron chi connectivity index (χ1n) is 18.6. The summed E-state index contributed by atoms with van der Waals surface area (Å²) in [6.45, 7) is 11.0. The number of nitrogens with zero attached hydrogens (tertiary/aromatic N) is 6. The van der Waals surface area contributed by atoms with E-state index < -0.39 is 44.5 Å². The van der Waals surface area contributed by atoms with Crippen molar-refractivity contribution in [3.63, 3.8) is 0 Å². The molecule has 296 valence electrons. The van der Waals surface area contributed by atoms with Crippen LogP contribution < -0.4 is 19.9 Å². The van der Waals surface area contributed by atoms with Gasteiger partial charge in [-0.05, 0) is 102 Å². The maximum atomic E-state index is 14.4. The van der Waals surface area contributed by atoms with Crippen molar-refractivity contribution in [2.45, 2.75) is 89.3 Å². The number of ether oxygens (including phenoxy) is 3. The number of sulfone groups is 1. The normalized spacial score (nSPS) is 21.6. The summed E-state index contributed by atoms with van der Waals surface area (Å²) < 4.78 is 42.5. The van der Waals surface area contributed by atoms with E-state index in [1.165, 1.54) is 4.68 Å². The Kier molecular flexibility index (Phi) is 8.84. The fourth-order valence-electron chi connectivity index (χ4n) is 7.50. The summed E-state index contributed by atoms with van der Waals surface area (Å²) in [5, 5.41) is 8.70. The van der Waals surface area contributed by atoms with Crippen molar-refractivity contribution in [1.82, 2.24) is 19.7 Å². The second-order valence-electron chi connectivity index (χ2n) is 16.9. The Morgan fingerprint density at radius 3 is 2.25 bits per heavy atom. The lowest BCUT2D eigenvalue weighted by Gasteiger charge is -2.29. The first-order chi connectivity index (χ1) is 26.3. The molecule has 2 atom stereocenters. The van der Waals surface area contributed by atoms with Gasteiger partial charge in [0, 0.05) is 30.3 Å². The van der Waals surface area contributed by atoms with Gasteiger partial charge in [-0.2, -0.15) is 4.68 Å². The van der Waals surface area contributed by atoms with Gasteiger partial charge >= 0.3 is 12.2 Å². The van der Waals surface area contributed by atoms with Crippen molar-refractivity contribution >= 4 is 73.6 Å². The van der Waals surface area contributed by atoms with E-state index in [1.807, 2.05) is 23.1 Å². The zero-order valence-corrected chi connectivity index (χ0v) is 33.9. The molecular formula is C39H44ClN7O8S. The van der Waals surface area contributed by atoms with E-state index >= 15 is 0 Å². The fraction of sp³-hybridized carbons (Fsp3) is 0.487. The van der Waals surface area contributed by atoms with Gasteiger partial charge in [-0.1, -0.05) is 17.7 Å². The predicted octanol–water partition coefficient (Wildman–Crippen LogP) is 6.83. The SMILES string of the molecule is COc1ccc2c(c1)[C@]1(C[C@H]1c1ccc3c(Nc4nc(C5CC5)nc(N5CCS(=O)(=O)CC5)c4Cl)nn(C(=O)OC(C)(C)C)c3c1)C(=O)N2C(=O)OC(C)(C)C. The second kappa shape index (κ2) is 13.0. The van der Waals surface area contributed by atoms with E-state index in [-0.39, 0.29) is 53.1 Å². The lowest BCUT2D eigenvalue weighted by Crippen LogP contribution is -2.41. The molecule has 4 aliphatic rings. The summed E-state index contributed by atoms with van der Waals surface area (Å²) in [5.74, 6) is 1.52. The van der Waals surface area contributed by atoms with Gasteiger partial charge in [-0.25, -0.2) is 32.9 Å². The fourth-order valence-corrected chi connectivity index (χ4v) is 8.95. The Hall–Kier alpha value is -4.96. The molecule has 8 rings (SSSR count). The summed E-state index contributed by atoms with van der Waals surface area (Å²) in [4.78, 5) is 54.1. The van der Waals surface area contributed by atoms with Crippen molar-refractivity contribution in [1.29, 1.82) is 0 Å². The molecule has 3 fully saturated rings. The molecule has 2 aliphatic carbocycles. The predicted molar refractivity (Wildman–Crippen MR) is 210 cm³/mol. The van der Waals surface area contributed by atoms with Crippen molar-refractivity contribution in [3.05, 3.63) is 58.4 Å². The minimum absolute atomic E-state index is 0.00579. The minimum atomic E-state index is -3.15. The topological polar surface area (TPSA) is 175 Å². The molecule has 4 heterocycles. The van der Waals surface area contributed by atoms with E-state index in [0.717, 1.165) is 23.3 Å². The highest BCUT2D eigenvalue weighted by atomic mass is 35.5. The van der Waals surface area contributed by atoms with E-state index in [9.17, 15) is 22.8 Å². The molecule has 17 heteroatoms. The van der Waals surface area contributed by atoms with E-state index in [4.69, 9.17) is 35.8 Å². The number of nitrogens with one attached hydrogen (secondary N) is 1. The molecule has 2 aromatic heterocycles. The van der Waals surface area contributed by atoms with Crippen LogP contribution in [0.5, 0.6) is 5.75 Å². The third kappa shape index (κ3) is 6.80. The summed E-state index contributed by atoms with van der Waals surface area (Å²) in [6, 6.07) is 10.7. The number of carbonyl (C=O) groups is 3. The number of amides is 2. The van der Waals surface area contributed by atoms with Crippen LogP contribution in [-0.4, -0.2) is 89.2 Å². The molecule has 0 unspecified atom stereocenters. The number of aromatic nitrogens is 4. The Labute approximate surface area is 329 Å². The number of fused-ring (bicyclic) bond motifs is 3. The van der Waals surface area contributed by atoms with Crippen molar-refractivity contribution in [2.75, 3.05) is 46.8 Å². The summed E-state index contributed by atoms with van der Waals surface area (Å²) in [5.41, 5.74) is -0.463. The maximum Gasteiger partial charge on any atom is 0.435 e. The zero-order chi connectivity index (χ0) is 40.1. The molecule has 56 heavy (non-hydrogen) atoms. The number of methoxy groups -OCH3 is 1. The van der Waals surface area contributed by atoms with E-state index in [2.05, 4.69) is 10.4 Å². The number of imide groups is 1. The molecular weight excluding hydrogens is 762 g/mol. The van der Waals surface area contributed by atoms with Gasteiger partial charge in [-0.3, -0.25) is 4.79 Å². The van der Waals surface area contributed by atoms with Crippen LogP contribution in [0.25, 0.3) is 10.9 Å². The third-order valence-corrected chi connectivity index (χ3v) is 12.4. The number of anilines is 4. The summed E-state index contributed by atoms with van der Waals surface area (Å²) in [7, 11) is -1.60. The first kappa shape index (κ1) is 37.9. The van der Waals surface area contributed by atoms with E-state index in [1.54, 1.807) is 66.9 Å². The van der Waals surface area contributed by atoms with Crippen LogP contribution in [0.1, 0.15) is 89.6 Å². The van der Waals surface area contributed by atoms with Crippen LogP contribution >= 0.6 is 11.6 Å². The molecule has 15 nitrogen and oxygen atoms in total. The Morgan fingerprint density at radius 2 is 1.61 bits per heavy atom. The van der Waals surface area contributed by atoms with Gasteiger partial charge in [0.25, 0.3) is 0 Å². The third-order valence-electron chi connectivity index (χ3n) is 10.4. The highest BCUT2D eigenvalue weighted by molar-refractivity contribution is 7.91. The zero-order valence-electron chi connectivity index (χ0n) is 32.3. The average Bonchev–Trinajstić information content (AvgIpc) is 4.03. The highest BCUT2D eigenvalue weighted by Crippen LogP contribution is 2.67. The van der Waals surface area contributed by atoms with Crippen LogP contribution in [0.2, 0.25) is 5.02 Å². The monoisotopic (exact) mass is 805 g/mol. The van der Waals surface area contributed by atoms with Crippen molar-refractivity contribution in [3.8, 4) is 5.75 Å². The van der Waals surface area contributed by atoms with E-state index in [0.29, 0.717) is 46.0 Å². The Bertz CT molecular complexity index is 2420. The number of benzene rings is 2. The molecule has 2 aliphatic heterocycles. The maximum absolute atomic E-state index is 14.4. The van der Waals surface area contributed by atoms with Gasteiger partial charge in [0.1, 0.15) is 27.8 Å². The largest absolute Gasteiger partial charge is 0.497 e. The molecule has 1 saturated heterocycles. The molecule has 1 N–H and O–H groups in total. The lowest BCUT2D eigenvalue weighted by atomic mass is 9.91. The smallest absolute Gasteiger partial charge is 0.435 e. The van der Waals surface area contributed by atoms with Crippen LogP contribution in [-0.2, 0) is 29.5 Å². The van der Waals surface area contributed by atoms with Gasteiger partial charge in [0.05, 0.1) is 35.2 Å². The van der Waals surface area contributed by atoms with Crippen LogP contribution in [0, 0.1) is 0 Å². The molecule has 0 radical (unpaired) electrons. The summed E-state index contributed by atoms with van der Waals surface area (Å²) in [6.07, 6.45) is 0.776. The number of carbonyl (C=O) groups excluding carboxylic acids is 3. The molecule has 2 saturated carbocycles. The first-order valence-corrected chi connectivity index (χ1v) is 20.8. The molecule has 2 amide bonds. The van der Waals surface area contributed by atoms with Crippen molar-refractivity contribution < 1.29 is 37.0 Å². The van der Waals surface area contributed by atoms with Crippen LogP contribution in [0.3, 0.4) is 0 Å². The molecule has 0 bridgehead atoms. The molecule has 1 spiro atoms. The molecule has 4 aromatic rings. The van der Waals surface area contributed by atoms with Crippen LogP contribution in [0.4, 0.5) is 32.7 Å².